The van der Waals surface area contributed by atoms with Crippen LogP contribution in [0, 0.1) is 0 Å². The fourth-order valence-corrected chi connectivity index (χ4v) is 1.52. The maximum Gasteiger partial charge on any atom is 0.229 e. The van der Waals surface area contributed by atoms with Crippen LogP contribution in [0.5, 0.6) is 0 Å². The molecule has 18 heavy (non-hydrogen) atoms. The quantitative estimate of drug-likeness (QED) is 0.782. The fraction of sp³-hybridized carbons (Fsp3) is 0.462. The van der Waals surface area contributed by atoms with Crippen LogP contribution in [0.3, 0.4) is 0 Å². The number of nitrogens with two attached hydrogens (primary N) is 1. The standard InChI is InChI=1S/C13H20N4O/c1-5-8(2)11-7-12(14)17-13(16-11)15-9(3)6-10(4)18/h6-8H,5H2,1-4H3,(H3,14,15,16,17)/b9-6-. The molecule has 3 N–H and O–H groups in total. The van der Waals surface area contributed by atoms with E-state index < -0.39 is 0 Å². The highest BCUT2D eigenvalue weighted by Gasteiger charge is 2.08. The van der Waals surface area contributed by atoms with E-state index in [4.69, 9.17) is 5.73 Å². The van der Waals surface area contributed by atoms with Crippen LogP contribution < -0.4 is 11.1 Å². The van der Waals surface area contributed by atoms with Gasteiger partial charge in [0.15, 0.2) is 5.78 Å². The van der Waals surface area contributed by atoms with E-state index in [1.807, 2.05) is 0 Å². The van der Waals surface area contributed by atoms with Gasteiger partial charge in [-0.05, 0) is 32.3 Å². The van der Waals surface area contributed by atoms with Crippen LogP contribution in [0.2, 0.25) is 0 Å². The van der Waals surface area contributed by atoms with Crippen molar-refractivity contribution < 1.29 is 4.79 Å². The van der Waals surface area contributed by atoms with Crippen LogP contribution >= 0.6 is 0 Å². The Balaban J connectivity index is 2.96. The molecule has 1 aromatic heterocycles. The number of carbonyl (C=O) groups excluding carboxylic acids is 1. The summed E-state index contributed by atoms with van der Waals surface area (Å²) < 4.78 is 0. The Morgan fingerprint density at radius 1 is 1.50 bits per heavy atom. The third kappa shape index (κ3) is 4.16. The molecule has 0 aliphatic rings. The molecule has 0 radical (unpaired) electrons. The molecule has 98 valence electrons. The molecule has 5 nitrogen and oxygen atoms in total. The summed E-state index contributed by atoms with van der Waals surface area (Å²) in [4.78, 5) is 19.4. The largest absolute Gasteiger partial charge is 0.384 e. The summed E-state index contributed by atoms with van der Waals surface area (Å²) >= 11 is 0. The Morgan fingerprint density at radius 2 is 2.17 bits per heavy atom. The fourth-order valence-electron chi connectivity index (χ4n) is 1.52. The third-order valence-electron chi connectivity index (χ3n) is 2.61. The van der Waals surface area contributed by atoms with Crippen LogP contribution in [0.25, 0.3) is 0 Å². The maximum absolute atomic E-state index is 11.0. The predicted octanol–water partition coefficient (Wildman–Crippen LogP) is 2.48. The highest BCUT2D eigenvalue weighted by Crippen LogP contribution is 2.19. The van der Waals surface area contributed by atoms with Gasteiger partial charge in [0.1, 0.15) is 5.82 Å². The van der Waals surface area contributed by atoms with Gasteiger partial charge in [-0.3, -0.25) is 4.79 Å². The van der Waals surface area contributed by atoms with E-state index in [9.17, 15) is 4.79 Å². The lowest BCUT2D eigenvalue weighted by Crippen LogP contribution is -2.08. The molecule has 0 aliphatic carbocycles. The van der Waals surface area contributed by atoms with E-state index >= 15 is 0 Å². The number of allylic oxidation sites excluding steroid dienone is 2. The van der Waals surface area contributed by atoms with Gasteiger partial charge in [0, 0.05) is 11.8 Å². The summed E-state index contributed by atoms with van der Waals surface area (Å²) in [5.41, 5.74) is 7.35. The molecule has 0 aromatic carbocycles. The van der Waals surface area contributed by atoms with Crippen molar-refractivity contribution >= 4 is 17.5 Å². The van der Waals surface area contributed by atoms with Crippen LogP contribution in [0.4, 0.5) is 11.8 Å². The van der Waals surface area contributed by atoms with E-state index in [1.165, 1.54) is 13.0 Å². The molecule has 0 saturated carbocycles. The van der Waals surface area contributed by atoms with Crippen molar-refractivity contribution in [2.45, 2.75) is 40.0 Å². The zero-order valence-electron chi connectivity index (χ0n) is 11.3. The smallest absolute Gasteiger partial charge is 0.229 e. The Hall–Kier alpha value is -1.91. The topological polar surface area (TPSA) is 80.9 Å². The summed E-state index contributed by atoms with van der Waals surface area (Å²) in [7, 11) is 0. The summed E-state index contributed by atoms with van der Waals surface area (Å²) in [5.74, 6) is 1.16. The Kier molecular flexibility index (Phi) is 4.83. The first kappa shape index (κ1) is 14.2. The van der Waals surface area contributed by atoms with Gasteiger partial charge in [-0.2, -0.15) is 4.98 Å². The number of carbonyl (C=O) groups is 1. The number of rotatable bonds is 5. The van der Waals surface area contributed by atoms with Gasteiger partial charge in [-0.15, -0.1) is 0 Å². The molecule has 1 atom stereocenters. The van der Waals surface area contributed by atoms with Crippen LogP contribution in [-0.2, 0) is 4.79 Å². The second kappa shape index (κ2) is 6.14. The lowest BCUT2D eigenvalue weighted by molar-refractivity contribution is -0.112. The number of ketones is 1. The summed E-state index contributed by atoms with van der Waals surface area (Å²) in [6, 6.07) is 1.78. The van der Waals surface area contributed by atoms with Crippen molar-refractivity contribution in [1.29, 1.82) is 0 Å². The van der Waals surface area contributed by atoms with Crippen molar-refractivity contribution in [2.24, 2.45) is 0 Å². The van der Waals surface area contributed by atoms with Gasteiger partial charge in [-0.1, -0.05) is 13.8 Å². The minimum absolute atomic E-state index is 0.0222. The van der Waals surface area contributed by atoms with Gasteiger partial charge in [0.05, 0.1) is 5.69 Å². The second-order valence-electron chi connectivity index (χ2n) is 4.41. The number of hydrogen-bond acceptors (Lipinski definition) is 5. The normalized spacial score (nSPS) is 13.2. The summed E-state index contributed by atoms with van der Waals surface area (Å²) in [6.07, 6.45) is 2.48. The molecule has 0 spiro atoms. The van der Waals surface area contributed by atoms with Crippen molar-refractivity contribution in [3.05, 3.63) is 23.5 Å². The van der Waals surface area contributed by atoms with E-state index in [2.05, 4.69) is 29.1 Å². The molecule has 0 bridgehead atoms. The average molecular weight is 248 g/mol. The molecular weight excluding hydrogens is 228 g/mol. The summed E-state index contributed by atoms with van der Waals surface area (Å²) in [6.45, 7) is 7.47. The number of nitrogen functional groups attached to an aromatic ring is 1. The zero-order valence-corrected chi connectivity index (χ0v) is 11.3. The number of aromatic nitrogens is 2. The lowest BCUT2D eigenvalue weighted by atomic mass is 10.1. The lowest BCUT2D eigenvalue weighted by Gasteiger charge is -2.11. The molecule has 1 rings (SSSR count). The van der Waals surface area contributed by atoms with Crippen molar-refractivity contribution in [3.8, 4) is 0 Å². The first-order valence-electron chi connectivity index (χ1n) is 6.02. The van der Waals surface area contributed by atoms with Crippen molar-refractivity contribution in [2.75, 3.05) is 11.1 Å². The Morgan fingerprint density at radius 3 is 2.72 bits per heavy atom. The van der Waals surface area contributed by atoms with Gasteiger partial charge < -0.3 is 11.1 Å². The molecule has 1 heterocycles. The third-order valence-corrected chi connectivity index (χ3v) is 2.61. The highest BCUT2D eigenvalue weighted by atomic mass is 16.1. The average Bonchev–Trinajstić information content (AvgIpc) is 2.25. The number of hydrogen-bond donors (Lipinski definition) is 2. The molecule has 1 aromatic rings. The second-order valence-corrected chi connectivity index (χ2v) is 4.41. The van der Waals surface area contributed by atoms with E-state index in [0.29, 0.717) is 23.4 Å². The van der Waals surface area contributed by atoms with Crippen LogP contribution in [0.15, 0.2) is 17.8 Å². The van der Waals surface area contributed by atoms with Gasteiger partial charge in [0.25, 0.3) is 0 Å². The monoisotopic (exact) mass is 248 g/mol. The van der Waals surface area contributed by atoms with Crippen molar-refractivity contribution in [3.63, 3.8) is 0 Å². The minimum atomic E-state index is -0.0222. The first-order valence-corrected chi connectivity index (χ1v) is 6.02. The van der Waals surface area contributed by atoms with Crippen molar-refractivity contribution in [1.82, 2.24) is 9.97 Å². The molecule has 1 unspecified atom stereocenters. The van der Waals surface area contributed by atoms with E-state index in [1.54, 1.807) is 13.0 Å². The molecule has 0 fully saturated rings. The SMILES string of the molecule is CCC(C)c1cc(N)nc(N/C(C)=C\C(C)=O)n1. The Labute approximate surface area is 108 Å². The van der Waals surface area contributed by atoms with Gasteiger partial charge in [-0.25, -0.2) is 4.98 Å². The molecule has 0 aliphatic heterocycles. The predicted molar refractivity (Wildman–Crippen MR) is 73.2 cm³/mol. The zero-order chi connectivity index (χ0) is 13.7. The minimum Gasteiger partial charge on any atom is -0.384 e. The van der Waals surface area contributed by atoms with Gasteiger partial charge >= 0.3 is 0 Å². The summed E-state index contributed by atoms with van der Waals surface area (Å²) in [5, 5.41) is 2.97. The number of nitrogens with zero attached hydrogens (tertiary/aromatic N) is 2. The first-order chi connectivity index (χ1) is 8.42. The number of nitrogens with one attached hydrogen (secondary N) is 1. The molecule has 0 amide bonds. The number of anilines is 2. The maximum atomic E-state index is 11.0. The van der Waals surface area contributed by atoms with E-state index in [-0.39, 0.29) is 5.78 Å². The van der Waals surface area contributed by atoms with Gasteiger partial charge in [0.2, 0.25) is 5.95 Å². The molecule has 0 saturated heterocycles. The molecular formula is C13H20N4O. The van der Waals surface area contributed by atoms with E-state index in [0.717, 1.165) is 12.1 Å². The van der Waals surface area contributed by atoms with Crippen LogP contribution in [-0.4, -0.2) is 15.8 Å². The Bertz CT molecular complexity index is 468. The van der Waals surface area contributed by atoms with Crippen LogP contribution in [0.1, 0.15) is 45.7 Å². The highest BCUT2D eigenvalue weighted by molar-refractivity contribution is 5.88. The molecule has 5 heteroatoms.